The summed E-state index contributed by atoms with van der Waals surface area (Å²) in [4.78, 5) is 45.4. The van der Waals surface area contributed by atoms with Gasteiger partial charge in [-0.1, -0.05) is 35.6 Å². The molecule has 0 aliphatic carbocycles. The fraction of sp³-hybridized carbons (Fsp3) is 0.130. The molecule has 1 aliphatic rings. The molecule has 2 aromatic heterocycles. The molecule has 1 unspecified atom stereocenters. The van der Waals surface area contributed by atoms with E-state index in [1.54, 1.807) is 31.2 Å². The SMILES string of the molecule is CC(=O)c1sc(N2C(=O)c3oc4ccccc4c(=O)c3C2c2ccc(I)cc2)nc1C. The largest absolute Gasteiger partial charge is 0.450 e. The number of carbonyl (C=O) groups is 2. The van der Waals surface area contributed by atoms with Crippen LogP contribution in [-0.2, 0) is 0 Å². The number of amides is 1. The average Bonchev–Trinajstić information content (AvgIpc) is 3.27. The van der Waals surface area contributed by atoms with Gasteiger partial charge in [-0.05, 0) is 59.3 Å². The molecule has 1 aliphatic heterocycles. The van der Waals surface area contributed by atoms with Crippen molar-refractivity contribution in [3.8, 4) is 0 Å². The predicted molar refractivity (Wildman–Crippen MR) is 127 cm³/mol. The number of hydrogen-bond donors (Lipinski definition) is 0. The second kappa shape index (κ2) is 7.38. The van der Waals surface area contributed by atoms with Crippen molar-refractivity contribution in [1.29, 1.82) is 0 Å². The molecule has 0 N–H and O–H groups in total. The van der Waals surface area contributed by atoms with E-state index in [0.29, 0.717) is 32.2 Å². The zero-order valence-corrected chi connectivity index (χ0v) is 19.5. The van der Waals surface area contributed by atoms with Crippen LogP contribution < -0.4 is 10.3 Å². The molecule has 5 rings (SSSR count). The maximum Gasteiger partial charge on any atom is 0.297 e. The van der Waals surface area contributed by atoms with Crippen LogP contribution in [0.15, 0.2) is 57.7 Å². The minimum Gasteiger partial charge on any atom is -0.450 e. The lowest BCUT2D eigenvalue weighted by atomic mass is 9.99. The normalized spacial score (nSPS) is 15.5. The Labute approximate surface area is 194 Å². The zero-order valence-electron chi connectivity index (χ0n) is 16.5. The van der Waals surface area contributed by atoms with Gasteiger partial charge in [-0.3, -0.25) is 19.3 Å². The van der Waals surface area contributed by atoms with Gasteiger partial charge in [0.05, 0.1) is 27.6 Å². The van der Waals surface area contributed by atoms with Gasteiger partial charge in [0, 0.05) is 10.5 Å². The van der Waals surface area contributed by atoms with Crippen LogP contribution in [-0.4, -0.2) is 16.7 Å². The number of carbonyl (C=O) groups excluding carboxylic acids is 2. The van der Waals surface area contributed by atoms with Crippen molar-refractivity contribution in [2.24, 2.45) is 0 Å². The maximum atomic E-state index is 13.5. The molecule has 3 heterocycles. The van der Waals surface area contributed by atoms with Gasteiger partial charge in [-0.15, -0.1) is 0 Å². The topological polar surface area (TPSA) is 80.5 Å². The lowest BCUT2D eigenvalue weighted by molar-refractivity contribution is 0.0969. The third-order valence-electron chi connectivity index (χ3n) is 5.27. The van der Waals surface area contributed by atoms with E-state index in [4.69, 9.17) is 4.42 Å². The molecule has 0 spiro atoms. The minimum absolute atomic E-state index is 0.0180. The van der Waals surface area contributed by atoms with Crippen LogP contribution in [0.5, 0.6) is 0 Å². The van der Waals surface area contributed by atoms with Crippen LogP contribution in [0.25, 0.3) is 11.0 Å². The Kier molecular flexibility index (Phi) is 4.78. The van der Waals surface area contributed by atoms with Crippen molar-refractivity contribution >= 4 is 61.7 Å². The Morgan fingerprint density at radius 2 is 1.84 bits per heavy atom. The van der Waals surface area contributed by atoms with Gasteiger partial charge in [0.25, 0.3) is 5.91 Å². The molecular formula is C23H15IN2O4S. The summed E-state index contributed by atoms with van der Waals surface area (Å²) in [6.45, 7) is 3.21. The summed E-state index contributed by atoms with van der Waals surface area (Å²) in [5.41, 5.74) is 1.75. The first-order chi connectivity index (χ1) is 14.9. The van der Waals surface area contributed by atoms with Crippen molar-refractivity contribution < 1.29 is 14.0 Å². The highest BCUT2D eigenvalue weighted by atomic mass is 127. The number of hydrogen-bond acceptors (Lipinski definition) is 6. The smallest absolute Gasteiger partial charge is 0.297 e. The average molecular weight is 542 g/mol. The molecule has 0 saturated carbocycles. The van der Waals surface area contributed by atoms with E-state index in [2.05, 4.69) is 27.6 Å². The molecule has 0 radical (unpaired) electrons. The molecule has 0 saturated heterocycles. The van der Waals surface area contributed by atoms with Gasteiger partial charge in [0.2, 0.25) is 5.76 Å². The number of aryl methyl sites for hydroxylation is 1. The van der Waals surface area contributed by atoms with Gasteiger partial charge < -0.3 is 4.42 Å². The number of fused-ring (bicyclic) bond motifs is 2. The Morgan fingerprint density at radius 1 is 1.13 bits per heavy atom. The summed E-state index contributed by atoms with van der Waals surface area (Å²) in [5, 5.41) is 0.789. The number of thiazole rings is 1. The lowest BCUT2D eigenvalue weighted by Crippen LogP contribution is -2.29. The summed E-state index contributed by atoms with van der Waals surface area (Å²) in [5.74, 6) is -0.536. The van der Waals surface area contributed by atoms with E-state index in [-0.39, 0.29) is 17.0 Å². The van der Waals surface area contributed by atoms with Gasteiger partial charge in [0.1, 0.15) is 5.58 Å². The third-order valence-corrected chi connectivity index (χ3v) is 7.25. The highest BCUT2D eigenvalue weighted by Gasteiger charge is 2.45. The van der Waals surface area contributed by atoms with Crippen molar-refractivity contribution in [3.63, 3.8) is 0 Å². The standard InChI is InChI=1S/C23H15IN2O4S/c1-11-21(12(2)27)31-23(25-11)26-18(13-7-9-14(24)10-8-13)17-19(28)15-5-3-4-6-16(15)30-20(17)22(26)29/h3-10,18H,1-2H3. The predicted octanol–water partition coefficient (Wildman–Crippen LogP) is 5.11. The molecule has 6 nitrogen and oxygen atoms in total. The summed E-state index contributed by atoms with van der Waals surface area (Å²) < 4.78 is 6.96. The van der Waals surface area contributed by atoms with Gasteiger partial charge >= 0.3 is 0 Å². The molecule has 1 atom stereocenters. The molecule has 0 fully saturated rings. The monoisotopic (exact) mass is 542 g/mol. The lowest BCUT2D eigenvalue weighted by Gasteiger charge is -2.22. The fourth-order valence-corrected chi connectivity index (χ4v) is 5.24. The van der Waals surface area contributed by atoms with E-state index < -0.39 is 11.9 Å². The Hall–Kier alpha value is -2.85. The third kappa shape index (κ3) is 3.12. The minimum atomic E-state index is -0.689. The first kappa shape index (κ1) is 20.1. The van der Waals surface area contributed by atoms with Crippen molar-refractivity contribution in [3.05, 3.63) is 89.8 Å². The van der Waals surface area contributed by atoms with Crippen LogP contribution in [0.3, 0.4) is 0 Å². The first-order valence-electron chi connectivity index (χ1n) is 9.50. The number of para-hydroxylation sites is 1. The summed E-state index contributed by atoms with van der Waals surface area (Å²) in [6.07, 6.45) is 0. The number of ketones is 1. The number of halogens is 1. The van der Waals surface area contributed by atoms with Crippen LogP contribution in [0.4, 0.5) is 5.13 Å². The molecule has 2 aromatic carbocycles. The number of aromatic nitrogens is 1. The Balaban J connectivity index is 1.80. The molecule has 4 aromatic rings. The number of Topliss-reactive ketones (excluding diaryl/α,β-unsaturated/α-hetero) is 1. The van der Waals surface area contributed by atoms with Crippen molar-refractivity contribution in [1.82, 2.24) is 4.98 Å². The number of rotatable bonds is 3. The van der Waals surface area contributed by atoms with Gasteiger partial charge in [-0.2, -0.15) is 0 Å². The van der Waals surface area contributed by atoms with Crippen LogP contribution in [0.1, 0.15) is 50.0 Å². The molecule has 8 heteroatoms. The van der Waals surface area contributed by atoms with Crippen LogP contribution in [0, 0.1) is 10.5 Å². The highest BCUT2D eigenvalue weighted by Crippen LogP contribution is 2.43. The molecule has 31 heavy (non-hydrogen) atoms. The first-order valence-corrected chi connectivity index (χ1v) is 11.4. The molecule has 1 amide bonds. The maximum absolute atomic E-state index is 13.5. The Bertz CT molecular complexity index is 1440. The van der Waals surface area contributed by atoms with Crippen molar-refractivity contribution in [2.45, 2.75) is 19.9 Å². The van der Waals surface area contributed by atoms with Gasteiger partial charge in [0.15, 0.2) is 16.3 Å². The van der Waals surface area contributed by atoms with Crippen molar-refractivity contribution in [2.75, 3.05) is 4.90 Å². The Morgan fingerprint density at radius 3 is 2.52 bits per heavy atom. The number of benzene rings is 2. The second-order valence-corrected chi connectivity index (χ2v) is 9.49. The summed E-state index contributed by atoms with van der Waals surface area (Å²) in [7, 11) is 0. The molecule has 154 valence electrons. The number of anilines is 1. The molecular weight excluding hydrogens is 527 g/mol. The van der Waals surface area contributed by atoms with E-state index in [9.17, 15) is 14.4 Å². The zero-order chi connectivity index (χ0) is 21.9. The van der Waals surface area contributed by atoms with E-state index in [1.165, 1.54) is 11.8 Å². The summed E-state index contributed by atoms with van der Waals surface area (Å²) >= 11 is 3.36. The second-order valence-electron chi connectivity index (χ2n) is 7.27. The van der Waals surface area contributed by atoms with Crippen LogP contribution in [0.2, 0.25) is 0 Å². The van der Waals surface area contributed by atoms with E-state index in [0.717, 1.165) is 20.5 Å². The fourth-order valence-electron chi connectivity index (χ4n) is 3.89. The van der Waals surface area contributed by atoms with Gasteiger partial charge in [-0.25, -0.2) is 4.98 Å². The van der Waals surface area contributed by atoms with Crippen LogP contribution >= 0.6 is 33.9 Å². The quantitative estimate of drug-likeness (QED) is 0.266. The number of nitrogens with zero attached hydrogens (tertiary/aromatic N) is 2. The molecule has 0 bridgehead atoms. The summed E-state index contributed by atoms with van der Waals surface area (Å²) in [6, 6.07) is 13.8. The van der Waals surface area contributed by atoms with E-state index >= 15 is 0 Å². The van der Waals surface area contributed by atoms with E-state index in [1.807, 2.05) is 24.3 Å². The highest BCUT2D eigenvalue weighted by molar-refractivity contribution is 14.1.